The maximum atomic E-state index is 12.8. The fourth-order valence-corrected chi connectivity index (χ4v) is 3.48. The van der Waals surface area contributed by atoms with Gasteiger partial charge in [0.2, 0.25) is 0 Å². The Kier molecular flexibility index (Phi) is 4.18. The minimum Gasteiger partial charge on any atom is -0.481 e. The fraction of sp³-hybridized carbons (Fsp3) is 0.368. The predicted molar refractivity (Wildman–Crippen MR) is 91.6 cm³/mol. The Labute approximate surface area is 141 Å². The first kappa shape index (κ1) is 16.3. The van der Waals surface area contributed by atoms with E-state index in [9.17, 15) is 9.59 Å². The van der Waals surface area contributed by atoms with Gasteiger partial charge < -0.3 is 14.6 Å². The van der Waals surface area contributed by atoms with Crippen LogP contribution in [0.2, 0.25) is 0 Å². The Balaban J connectivity index is 1.94. The van der Waals surface area contributed by atoms with Crippen molar-refractivity contribution >= 4 is 11.9 Å². The smallest absolute Gasteiger partial charge is 0.308 e. The van der Waals surface area contributed by atoms with Gasteiger partial charge in [-0.2, -0.15) is 0 Å². The molecule has 1 aromatic heterocycles. The van der Waals surface area contributed by atoms with Crippen LogP contribution >= 0.6 is 0 Å². The molecule has 1 aliphatic rings. The van der Waals surface area contributed by atoms with Gasteiger partial charge in [-0.25, -0.2) is 0 Å². The molecule has 1 aliphatic heterocycles. The minimum absolute atomic E-state index is 0.0771. The van der Waals surface area contributed by atoms with E-state index in [-0.39, 0.29) is 5.91 Å². The van der Waals surface area contributed by atoms with E-state index in [0.29, 0.717) is 25.1 Å². The Bertz CT molecular complexity index is 807. The molecule has 0 radical (unpaired) electrons. The van der Waals surface area contributed by atoms with Crippen molar-refractivity contribution < 1.29 is 14.7 Å². The van der Waals surface area contributed by atoms with Gasteiger partial charge in [-0.1, -0.05) is 18.2 Å². The number of aromatic nitrogens is 1. The number of aliphatic carboxylic acids is 1. The third-order valence-electron chi connectivity index (χ3n) is 4.84. The van der Waals surface area contributed by atoms with Crippen molar-refractivity contribution in [1.82, 2.24) is 9.47 Å². The summed E-state index contributed by atoms with van der Waals surface area (Å²) in [5.74, 6) is -1.35. The van der Waals surface area contributed by atoms with Crippen LogP contribution in [-0.2, 0) is 4.79 Å². The molecule has 1 unspecified atom stereocenters. The van der Waals surface area contributed by atoms with Gasteiger partial charge in [0.25, 0.3) is 5.91 Å². The molecule has 0 saturated carbocycles. The van der Waals surface area contributed by atoms with Crippen molar-refractivity contribution in [3.05, 3.63) is 52.8 Å². The Morgan fingerprint density at radius 1 is 1.17 bits per heavy atom. The average molecular weight is 326 g/mol. The Morgan fingerprint density at radius 2 is 1.88 bits per heavy atom. The van der Waals surface area contributed by atoms with Gasteiger partial charge >= 0.3 is 5.97 Å². The van der Waals surface area contributed by atoms with Crippen LogP contribution in [0.15, 0.2) is 30.3 Å². The lowest BCUT2D eigenvalue weighted by Crippen LogP contribution is -2.30. The fourth-order valence-electron chi connectivity index (χ4n) is 3.48. The van der Waals surface area contributed by atoms with Gasteiger partial charge in [0, 0.05) is 30.2 Å². The number of hydrogen-bond donors (Lipinski definition) is 1. The van der Waals surface area contributed by atoms with E-state index in [2.05, 4.69) is 4.57 Å². The molecule has 126 valence electrons. The molecule has 2 aromatic rings. The SMILES string of the molecule is Cc1ccccc1-n1c(C)cc(C(=O)N2CCC(C(=O)O)C2)c1C. The maximum Gasteiger partial charge on any atom is 0.308 e. The van der Waals surface area contributed by atoms with Gasteiger partial charge in [0.1, 0.15) is 0 Å². The van der Waals surface area contributed by atoms with Crippen molar-refractivity contribution in [1.29, 1.82) is 0 Å². The molecule has 1 amide bonds. The van der Waals surface area contributed by atoms with Crippen LogP contribution in [0.3, 0.4) is 0 Å². The zero-order valence-corrected chi connectivity index (χ0v) is 14.2. The molecule has 24 heavy (non-hydrogen) atoms. The predicted octanol–water partition coefficient (Wildman–Crippen LogP) is 2.95. The molecule has 1 aromatic carbocycles. The van der Waals surface area contributed by atoms with Gasteiger partial charge in [-0.15, -0.1) is 0 Å². The van der Waals surface area contributed by atoms with Crippen LogP contribution in [0.5, 0.6) is 0 Å². The molecule has 0 spiro atoms. The number of benzene rings is 1. The van der Waals surface area contributed by atoms with Crippen molar-refractivity contribution in [2.45, 2.75) is 27.2 Å². The average Bonchev–Trinajstić information content (AvgIpc) is 3.13. The lowest BCUT2D eigenvalue weighted by molar-refractivity contribution is -0.141. The van der Waals surface area contributed by atoms with E-state index in [4.69, 9.17) is 5.11 Å². The summed E-state index contributed by atoms with van der Waals surface area (Å²) in [4.78, 5) is 25.6. The molecule has 1 atom stereocenters. The number of aryl methyl sites for hydroxylation is 2. The summed E-state index contributed by atoms with van der Waals surface area (Å²) in [5.41, 5.74) is 4.76. The number of rotatable bonds is 3. The highest BCUT2D eigenvalue weighted by atomic mass is 16.4. The molecule has 5 heteroatoms. The molecular weight excluding hydrogens is 304 g/mol. The number of carboxylic acids is 1. The molecule has 0 bridgehead atoms. The van der Waals surface area contributed by atoms with E-state index >= 15 is 0 Å². The third-order valence-corrected chi connectivity index (χ3v) is 4.84. The monoisotopic (exact) mass is 326 g/mol. The van der Waals surface area contributed by atoms with Crippen molar-refractivity contribution in [3.63, 3.8) is 0 Å². The van der Waals surface area contributed by atoms with Gasteiger partial charge in [-0.05, 0) is 44.9 Å². The molecule has 3 rings (SSSR count). The molecular formula is C19H22N2O3. The summed E-state index contributed by atoms with van der Waals surface area (Å²) in [6.45, 7) is 6.78. The lowest BCUT2D eigenvalue weighted by atomic mass is 10.1. The number of carbonyl (C=O) groups is 2. The van der Waals surface area contributed by atoms with Crippen molar-refractivity contribution in [3.8, 4) is 5.69 Å². The van der Waals surface area contributed by atoms with Crippen molar-refractivity contribution in [2.24, 2.45) is 5.92 Å². The van der Waals surface area contributed by atoms with E-state index in [1.54, 1.807) is 4.90 Å². The largest absolute Gasteiger partial charge is 0.481 e. The molecule has 0 aliphatic carbocycles. The first-order chi connectivity index (χ1) is 11.4. The van der Waals surface area contributed by atoms with E-state index in [1.165, 1.54) is 0 Å². The number of hydrogen-bond acceptors (Lipinski definition) is 2. The second-order valence-electron chi connectivity index (χ2n) is 6.48. The van der Waals surface area contributed by atoms with E-state index in [0.717, 1.165) is 22.6 Å². The van der Waals surface area contributed by atoms with Crippen LogP contribution in [0.25, 0.3) is 5.69 Å². The highest BCUT2D eigenvalue weighted by Gasteiger charge is 2.32. The molecule has 5 nitrogen and oxygen atoms in total. The second kappa shape index (κ2) is 6.15. The molecule has 1 fully saturated rings. The lowest BCUT2D eigenvalue weighted by Gasteiger charge is -2.16. The minimum atomic E-state index is -0.823. The van der Waals surface area contributed by atoms with Gasteiger partial charge in [-0.3, -0.25) is 9.59 Å². The number of para-hydroxylation sites is 1. The normalized spacial score (nSPS) is 17.3. The standard InChI is InChI=1S/C19H22N2O3/c1-12-6-4-5-7-17(12)21-13(2)10-16(14(21)3)18(22)20-9-8-15(11-20)19(23)24/h4-7,10,15H,8-9,11H2,1-3H3,(H,23,24). The van der Waals surface area contributed by atoms with Gasteiger partial charge in [0.15, 0.2) is 0 Å². The molecule has 1 N–H and O–H groups in total. The van der Waals surface area contributed by atoms with Crippen LogP contribution in [0.1, 0.15) is 33.7 Å². The Morgan fingerprint density at radius 3 is 2.50 bits per heavy atom. The summed E-state index contributed by atoms with van der Waals surface area (Å²) in [6.07, 6.45) is 0.525. The van der Waals surface area contributed by atoms with Crippen LogP contribution in [0.4, 0.5) is 0 Å². The zero-order valence-electron chi connectivity index (χ0n) is 14.2. The van der Waals surface area contributed by atoms with Crippen molar-refractivity contribution in [2.75, 3.05) is 13.1 Å². The quantitative estimate of drug-likeness (QED) is 0.943. The number of nitrogens with zero attached hydrogens (tertiary/aromatic N) is 2. The second-order valence-corrected chi connectivity index (χ2v) is 6.48. The summed E-state index contributed by atoms with van der Waals surface area (Å²) in [5, 5.41) is 9.12. The van der Waals surface area contributed by atoms with Crippen LogP contribution < -0.4 is 0 Å². The zero-order chi connectivity index (χ0) is 17.4. The van der Waals surface area contributed by atoms with E-state index in [1.807, 2.05) is 51.1 Å². The summed E-state index contributed by atoms with van der Waals surface area (Å²) < 4.78 is 2.09. The topological polar surface area (TPSA) is 62.5 Å². The summed E-state index contributed by atoms with van der Waals surface area (Å²) >= 11 is 0. The number of carboxylic acid groups (broad SMARTS) is 1. The van der Waals surface area contributed by atoms with Crippen LogP contribution in [0, 0.1) is 26.7 Å². The third kappa shape index (κ3) is 2.70. The highest BCUT2D eigenvalue weighted by molar-refractivity contribution is 5.96. The summed E-state index contributed by atoms with van der Waals surface area (Å²) in [7, 11) is 0. The maximum absolute atomic E-state index is 12.8. The summed E-state index contributed by atoms with van der Waals surface area (Å²) in [6, 6.07) is 9.97. The number of carbonyl (C=O) groups excluding carboxylic acids is 1. The Hall–Kier alpha value is -2.56. The highest BCUT2D eigenvalue weighted by Crippen LogP contribution is 2.26. The number of amides is 1. The van der Waals surface area contributed by atoms with E-state index < -0.39 is 11.9 Å². The van der Waals surface area contributed by atoms with Gasteiger partial charge in [0.05, 0.1) is 11.5 Å². The first-order valence-corrected chi connectivity index (χ1v) is 8.17. The molecule has 1 saturated heterocycles. The molecule has 2 heterocycles. The van der Waals surface area contributed by atoms with Crippen LogP contribution in [-0.4, -0.2) is 39.5 Å². The number of likely N-dealkylation sites (tertiary alicyclic amines) is 1. The first-order valence-electron chi connectivity index (χ1n) is 8.17.